The number of methoxy groups -OCH3 is 1. The van der Waals surface area contributed by atoms with E-state index in [4.69, 9.17) is 4.74 Å². The van der Waals surface area contributed by atoms with Crippen molar-refractivity contribution in [1.82, 2.24) is 24.9 Å². The van der Waals surface area contributed by atoms with Gasteiger partial charge >= 0.3 is 0 Å². The Balaban J connectivity index is 1.44. The van der Waals surface area contributed by atoms with Crippen molar-refractivity contribution in [1.29, 1.82) is 0 Å². The molecule has 0 aromatic carbocycles. The standard InChI is InChI=1S/C17H23N5O/c1-23-12-14-11-22(20-19-14)17-8-15-2-3-16(9-17)21(15)10-13-4-6-18-7-5-13/h4-7,11,15-17H,2-3,8-10,12H2,1H3. The molecule has 2 bridgehead atoms. The van der Waals surface area contributed by atoms with Gasteiger partial charge in [-0.05, 0) is 43.4 Å². The number of piperidine rings is 1. The van der Waals surface area contributed by atoms with E-state index in [0.29, 0.717) is 24.7 Å². The molecule has 2 aliphatic heterocycles. The third kappa shape index (κ3) is 3.01. The van der Waals surface area contributed by atoms with Gasteiger partial charge in [-0.2, -0.15) is 0 Å². The summed E-state index contributed by atoms with van der Waals surface area (Å²) in [6, 6.07) is 6.03. The minimum absolute atomic E-state index is 0.472. The van der Waals surface area contributed by atoms with Crippen LogP contribution in [0.1, 0.15) is 43.0 Å². The minimum atomic E-state index is 0.472. The van der Waals surface area contributed by atoms with Gasteiger partial charge in [-0.3, -0.25) is 9.88 Å². The Hall–Kier alpha value is -1.79. The highest BCUT2D eigenvalue weighted by Gasteiger charge is 2.41. The van der Waals surface area contributed by atoms with Crippen LogP contribution in [0.4, 0.5) is 0 Å². The molecular weight excluding hydrogens is 290 g/mol. The first-order valence-corrected chi connectivity index (χ1v) is 8.38. The van der Waals surface area contributed by atoms with E-state index in [9.17, 15) is 0 Å². The third-order valence-electron chi connectivity index (χ3n) is 5.20. The van der Waals surface area contributed by atoms with Gasteiger partial charge in [-0.25, -0.2) is 4.68 Å². The quantitative estimate of drug-likeness (QED) is 0.847. The number of hydrogen-bond donors (Lipinski definition) is 0. The molecule has 0 spiro atoms. The van der Waals surface area contributed by atoms with Gasteiger partial charge < -0.3 is 4.74 Å². The average molecular weight is 313 g/mol. The molecule has 4 rings (SSSR count). The van der Waals surface area contributed by atoms with Crippen molar-refractivity contribution in [2.45, 2.75) is 57.0 Å². The zero-order chi connectivity index (χ0) is 15.6. The second kappa shape index (κ2) is 6.37. The number of rotatable bonds is 5. The van der Waals surface area contributed by atoms with Gasteiger partial charge in [0.2, 0.25) is 0 Å². The lowest BCUT2D eigenvalue weighted by atomic mass is 9.97. The number of fused-ring (bicyclic) bond motifs is 2. The van der Waals surface area contributed by atoms with Crippen molar-refractivity contribution >= 4 is 0 Å². The molecule has 23 heavy (non-hydrogen) atoms. The largest absolute Gasteiger partial charge is 0.378 e. The Morgan fingerprint density at radius 1 is 1.13 bits per heavy atom. The predicted molar refractivity (Wildman–Crippen MR) is 85.6 cm³/mol. The highest BCUT2D eigenvalue weighted by Crippen LogP contribution is 2.41. The maximum atomic E-state index is 5.14. The van der Waals surface area contributed by atoms with Crippen LogP contribution in [0.3, 0.4) is 0 Å². The van der Waals surface area contributed by atoms with Crippen LogP contribution < -0.4 is 0 Å². The van der Waals surface area contributed by atoms with Crippen LogP contribution in [0.15, 0.2) is 30.7 Å². The fraction of sp³-hybridized carbons (Fsp3) is 0.588. The molecule has 2 unspecified atom stereocenters. The number of ether oxygens (including phenoxy) is 1. The molecule has 2 saturated heterocycles. The van der Waals surface area contributed by atoms with Crippen LogP contribution in [-0.2, 0) is 17.9 Å². The number of nitrogens with zero attached hydrogens (tertiary/aromatic N) is 5. The molecule has 6 heteroatoms. The molecule has 6 nitrogen and oxygen atoms in total. The summed E-state index contributed by atoms with van der Waals surface area (Å²) in [5.41, 5.74) is 2.28. The van der Waals surface area contributed by atoms with Crippen molar-refractivity contribution in [3.8, 4) is 0 Å². The van der Waals surface area contributed by atoms with Gasteiger partial charge in [0.1, 0.15) is 5.69 Å². The topological polar surface area (TPSA) is 56.1 Å². The summed E-state index contributed by atoms with van der Waals surface area (Å²) in [5, 5.41) is 8.53. The second-order valence-corrected chi connectivity index (χ2v) is 6.66. The second-order valence-electron chi connectivity index (χ2n) is 6.66. The molecule has 0 aliphatic carbocycles. The summed E-state index contributed by atoms with van der Waals surface area (Å²) in [6.07, 6.45) is 10.7. The Labute approximate surface area is 136 Å². The molecule has 0 radical (unpaired) electrons. The molecule has 0 saturated carbocycles. The van der Waals surface area contributed by atoms with Crippen LogP contribution in [0.5, 0.6) is 0 Å². The molecule has 4 heterocycles. The Morgan fingerprint density at radius 3 is 2.57 bits per heavy atom. The van der Waals surface area contributed by atoms with Gasteiger partial charge in [-0.1, -0.05) is 5.21 Å². The number of pyridine rings is 1. The summed E-state index contributed by atoms with van der Waals surface area (Å²) in [5.74, 6) is 0. The SMILES string of the molecule is COCc1cn(C2CC3CCC(C2)N3Cc2ccncc2)nn1. The lowest BCUT2D eigenvalue weighted by Crippen LogP contribution is -2.42. The van der Waals surface area contributed by atoms with E-state index in [-0.39, 0.29) is 0 Å². The monoisotopic (exact) mass is 313 g/mol. The molecule has 0 amide bonds. The Morgan fingerprint density at radius 2 is 1.87 bits per heavy atom. The molecule has 2 aromatic rings. The van der Waals surface area contributed by atoms with E-state index < -0.39 is 0 Å². The van der Waals surface area contributed by atoms with Crippen molar-refractivity contribution in [3.05, 3.63) is 42.0 Å². The van der Waals surface area contributed by atoms with Gasteiger partial charge in [0.15, 0.2) is 0 Å². The number of hydrogen-bond acceptors (Lipinski definition) is 5. The zero-order valence-electron chi connectivity index (χ0n) is 13.5. The van der Waals surface area contributed by atoms with Gasteiger partial charge in [0.25, 0.3) is 0 Å². The van der Waals surface area contributed by atoms with Crippen molar-refractivity contribution in [3.63, 3.8) is 0 Å². The van der Waals surface area contributed by atoms with Crippen LogP contribution in [-0.4, -0.2) is 44.1 Å². The van der Waals surface area contributed by atoms with E-state index >= 15 is 0 Å². The molecule has 2 fully saturated rings. The summed E-state index contributed by atoms with van der Waals surface area (Å²) in [4.78, 5) is 6.79. The van der Waals surface area contributed by atoms with Crippen LogP contribution >= 0.6 is 0 Å². The van der Waals surface area contributed by atoms with Crippen LogP contribution in [0, 0.1) is 0 Å². The molecule has 2 aliphatic rings. The summed E-state index contributed by atoms with van der Waals surface area (Å²) in [7, 11) is 1.69. The summed E-state index contributed by atoms with van der Waals surface area (Å²) < 4.78 is 7.20. The maximum absolute atomic E-state index is 5.14. The van der Waals surface area contributed by atoms with E-state index in [1.165, 1.54) is 18.4 Å². The normalized spacial score (nSPS) is 27.4. The zero-order valence-corrected chi connectivity index (χ0v) is 13.5. The van der Waals surface area contributed by atoms with Gasteiger partial charge in [0.05, 0.1) is 18.8 Å². The van der Waals surface area contributed by atoms with Crippen molar-refractivity contribution in [2.75, 3.05) is 7.11 Å². The summed E-state index contributed by atoms with van der Waals surface area (Å²) in [6.45, 7) is 1.57. The molecule has 2 aromatic heterocycles. The highest BCUT2D eigenvalue weighted by molar-refractivity contribution is 5.11. The molecule has 0 N–H and O–H groups in total. The van der Waals surface area contributed by atoms with Gasteiger partial charge in [0, 0.05) is 38.1 Å². The maximum Gasteiger partial charge on any atom is 0.108 e. The van der Waals surface area contributed by atoms with Gasteiger partial charge in [-0.15, -0.1) is 5.10 Å². The molecular formula is C17H23N5O. The predicted octanol–water partition coefficient (Wildman–Crippen LogP) is 2.19. The van der Waals surface area contributed by atoms with Crippen LogP contribution in [0.25, 0.3) is 0 Å². The van der Waals surface area contributed by atoms with Crippen molar-refractivity contribution in [2.24, 2.45) is 0 Å². The van der Waals surface area contributed by atoms with E-state index in [2.05, 4.69) is 37.0 Å². The Bertz CT molecular complexity index is 629. The van der Waals surface area contributed by atoms with E-state index in [0.717, 1.165) is 25.1 Å². The smallest absolute Gasteiger partial charge is 0.108 e. The van der Waals surface area contributed by atoms with Crippen molar-refractivity contribution < 1.29 is 4.74 Å². The molecule has 2 atom stereocenters. The van der Waals surface area contributed by atoms with E-state index in [1.807, 2.05) is 18.6 Å². The third-order valence-corrected chi connectivity index (χ3v) is 5.20. The highest BCUT2D eigenvalue weighted by atomic mass is 16.5. The fourth-order valence-electron chi connectivity index (χ4n) is 4.12. The first-order valence-electron chi connectivity index (χ1n) is 8.38. The Kier molecular flexibility index (Phi) is 4.10. The van der Waals surface area contributed by atoms with E-state index in [1.54, 1.807) is 7.11 Å². The first-order chi connectivity index (χ1) is 11.3. The minimum Gasteiger partial charge on any atom is -0.378 e. The molecule has 122 valence electrons. The first kappa shape index (κ1) is 14.8. The fourth-order valence-corrected chi connectivity index (χ4v) is 4.12. The lowest BCUT2D eigenvalue weighted by molar-refractivity contribution is 0.0944. The lowest BCUT2D eigenvalue weighted by Gasteiger charge is -2.38. The van der Waals surface area contributed by atoms with Crippen LogP contribution in [0.2, 0.25) is 0 Å². The number of aromatic nitrogens is 4. The summed E-state index contributed by atoms with van der Waals surface area (Å²) >= 11 is 0. The average Bonchev–Trinajstić information content (AvgIpc) is 3.11.